The monoisotopic (exact) mass is 357 g/mol. The Labute approximate surface area is 150 Å². The fraction of sp³-hybridized carbons (Fsp3) is 0.263. The Bertz CT molecular complexity index is 819. The first-order valence-electron chi connectivity index (χ1n) is 8.11. The van der Waals surface area contributed by atoms with Gasteiger partial charge in [-0.05, 0) is 37.6 Å². The van der Waals surface area contributed by atoms with Crippen molar-refractivity contribution in [2.45, 2.75) is 20.0 Å². The molecule has 0 fully saturated rings. The molecule has 1 heterocycles. The number of esters is 1. The van der Waals surface area contributed by atoms with Crippen LogP contribution in [0.2, 0.25) is 0 Å². The number of rotatable bonds is 6. The molecule has 1 unspecified atom stereocenters. The van der Waals surface area contributed by atoms with Gasteiger partial charge in [0.1, 0.15) is 5.75 Å². The Morgan fingerprint density at radius 1 is 1.15 bits per heavy atom. The zero-order valence-electron chi connectivity index (χ0n) is 14.5. The number of aryl methyl sites for hydroxylation is 1. The summed E-state index contributed by atoms with van der Waals surface area (Å²) in [6, 6.07) is 12.4. The summed E-state index contributed by atoms with van der Waals surface area (Å²) in [5.41, 5.74) is 1.44. The van der Waals surface area contributed by atoms with Crippen molar-refractivity contribution < 1.29 is 28.5 Å². The zero-order chi connectivity index (χ0) is 18.5. The van der Waals surface area contributed by atoms with Crippen molar-refractivity contribution in [1.82, 2.24) is 0 Å². The summed E-state index contributed by atoms with van der Waals surface area (Å²) in [5, 5.41) is 2.67. The molecule has 2 aromatic rings. The number of amides is 1. The van der Waals surface area contributed by atoms with E-state index in [9.17, 15) is 9.59 Å². The lowest BCUT2D eigenvalue weighted by atomic mass is 10.2. The van der Waals surface area contributed by atoms with Crippen LogP contribution in [0, 0.1) is 6.92 Å². The van der Waals surface area contributed by atoms with E-state index < -0.39 is 18.0 Å². The van der Waals surface area contributed by atoms with Crippen LogP contribution in [0.4, 0.5) is 5.69 Å². The van der Waals surface area contributed by atoms with E-state index in [0.717, 1.165) is 5.56 Å². The van der Waals surface area contributed by atoms with Gasteiger partial charge in [0, 0.05) is 11.8 Å². The van der Waals surface area contributed by atoms with Gasteiger partial charge in [0.15, 0.2) is 24.2 Å². The van der Waals surface area contributed by atoms with Gasteiger partial charge in [-0.25, -0.2) is 4.79 Å². The van der Waals surface area contributed by atoms with Gasteiger partial charge in [-0.2, -0.15) is 0 Å². The summed E-state index contributed by atoms with van der Waals surface area (Å²) < 4.78 is 21.0. The smallest absolute Gasteiger partial charge is 0.344 e. The summed E-state index contributed by atoms with van der Waals surface area (Å²) in [5.74, 6) is 0.700. The van der Waals surface area contributed by atoms with Crippen molar-refractivity contribution in [3.05, 3.63) is 48.0 Å². The number of carbonyl (C=O) groups is 2. The normalized spacial score (nSPS) is 13.0. The van der Waals surface area contributed by atoms with Crippen LogP contribution in [-0.2, 0) is 14.3 Å². The minimum absolute atomic E-state index is 0.154. The Hall–Kier alpha value is -3.22. The fourth-order valence-electron chi connectivity index (χ4n) is 2.36. The van der Waals surface area contributed by atoms with Gasteiger partial charge in [-0.15, -0.1) is 0 Å². The molecule has 136 valence electrons. The van der Waals surface area contributed by atoms with Crippen LogP contribution in [0.5, 0.6) is 17.2 Å². The lowest BCUT2D eigenvalue weighted by Crippen LogP contribution is -2.31. The van der Waals surface area contributed by atoms with E-state index in [1.165, 1.54) is 6.92 Å². The van der Waals surface area contributed by atoms with Gasteiger partial charge in [-0.1, -0.05) is 18.2 Å². The van der Waals surface area contributed by atoms with Crippen LogP contribution in [0.15, 0.2) is 42.5 Å². The Morgan fingerprint density at radius 2 is 1.92 bits per heavy atom. The molecule has 7 heteroatoms. The summed E-state index contributed by atoms with van der Waals surface area (Å²) in [6.07, 6.45) is -0.964. The maximum Gasteiger partial charge on any atom is 0.344 e. The number of carbonyl (C=O) groups excluding carboxylic acids is 2. The third-order valence-electron chi connectivity index (χ3n) is 3.76. The molecule has 1 atom stereocenters. The molecular formula is C19H19NO6. The number of benzene rings is 2. The van der Waals surface area contributed by atoms with Crippen LogP contribution in [0.25, 0.3) is 0 Å². The van der Waals surface area contributed by atoms with E-state index in [2.05, 4.69) is 5.32 Å². The molecule has 7 nitrogen and oxygen atoms in total. The predicted molar refractivity (Wildman–Crippen MR) is 93.4 cm³/mol. The fourth-order valence-corrected chi connectivity index (χ4v) is 2.36. The molecule has 1 amide bonds. The zero-order valence-corrected chi connectivity index (χ0v) is 14.5. The van der Waals surface area contributed by atoms with Crippen LogP contribution < -0.4 is 19.5 Å². The van der Waals surface area contributed by atoms with Gasteiger partial charge in [0.2, 0.25) is 6.79 Å². The van der Waals surface area contributed by atoms with Gasteiger partial charge >= 0.3 is 5.97 Å². The molecule has 0 aliphatic carbocycles. The van der Waals surface area contributed by atoms with Crippen LogP contribution in [0.3, 0.4) is 0 Å². The molecular weight excluding hydrogens is 338 g/mol. The average Bonchev–Trinajstić information content (AvgIpc) is 3.08. The van der Waals surface area contributed by atoms with Gasteiger partial charge in [0.05, 0.1) is 0 Å². The van der Waals surface area contributed by atoms with Gasteiger partial charge in [0.25, 0.3) is 5.91 Å². The van der Waals surface area contributed by atoms with Crippen molar-refractivity contribution >= 4 is 17.6 Å². The van der Waals surface area contributed by atoms with E-state index in [0.29, 0.717) is 22.9 Å². The number of ether oxygens (including phenoxy) is 4. The summed E-state index contributed by atoms with van der Waals surface area (Å²) in [4.78, 5) is 24.1. The highest BCUT2D eigenvalue weighted by Gasteiger charge is 2.20. The summed E-state index contributed by atoms with van der Waals surface area (Å²) >= 11 is 0. The minimum atomic E-state index is -0.964. The lowest BCUT2D eigenvalue weighted by Gasteiger charge is -2.14. The topological polar surface area (TPSA) is 83.1 Å². The first kappa shape index (κ1) is 17.6. The molecule has 3 rings (SSSR count). The largest absolute Gasteiger partial charge is 0.482 e. The Morgan fingerprint density at radius 3 is 2.73 bits per heavy atom. The number of hydrogen-bond acceptors (Lipinski definition) is 6. The highest BCUT2D eigenvalue weighted by Crippen LogP contribution is 2.34. The first-order chi connectivity index (χ1) is 12.5. The highest BCUT2D eigenvalue weighted by molar-refractivity contribution is 5.95. The number of hydrogen-bond donors (Lipinski definition) is 1. The molecule has 1 aliphatic heterocycles. The van der Waals surface area contributed by atoms with Crippen molar-refractivity contribution in [3.8, 4) is 17.2 Å². The molecule has 0 radical (unpaired) electrons. The van der Waals surface area contributed by atoms with E-state index >= 15 is 0 Å². The third-order valence-corrected chi connectivity index (χ3v) is 3.76. The second-order valence-electron chi connectivity index (χ2n) is 5.74. The van der Waals surface area contributed by atoms with Crippen molar-refractivity contribution in [2.24, 2.45) is 0 Å². The SMILES string of the molecule is Cc1ccccc1OCC(=O)OC(C)C(=O)Nc1ccc2c(c1)OCO2. The molecule has 1 aliphatic rings. The standard InChI is InChI=1S/C19H19NO6/c1-12-5-3-4-6-15(12)23-10-18(21)26-13(2)19(22)20-14-7-8-16-17(9-14)25-11-24-16/h3-9,13H,10-11H2,1-2H3,(H,20,22). The quantitative estimate of drug-likeness (QED) is 0.801. The number of para-hydroxylation sites is 1. The first-order valence-corrected chi connectivity index (χ1v) is 8.11. The Balaban J connectivity index is 1.49. The molecule has 1 N–H and O–H groups in total. The van der Waals surface area contributed by atoms with E-state index in [-0.39, 0.29) is 13.4 Å². The molecule has 0 aromatic heterocycles. The highest BCUT2D eigenvalue weighted by atomic mass is 16.7. The molecule has 0 saturated heterocycles. The second kappa shape index (κ2) is 7.77. The van der Waals surface area contributed by atoms with Gasteiger partial charge in [-0.3, -0.25) is 4.79 Å². The van der Waals surface area contributed by atoms with Gasteiger partial charge < -0.3 is 24.3 Å². The van der Waals surface area contributed by atoms with E-state index in [1.807, 2.05) is 25.1 Å². The van der Waals surface area contributed by atoms with Crippen LogP contribution >= 0.6 is 0 Å². The lowest BCUT2D eigenvalue weighted by molar-refractivity contribution is -0.155. The van der Waals surface area contributed by atoms with Crippen molar-refractivity contribution in [2.75, 3.05) is 18.7 Å². The van der Waals surface area contributed by atoms with E-state index in [1.54, 1.807) is 24.3 Å². The molecule has 0 spiro atoms. The van der Waals surface area contributed by atoms with Crippen molar-refractivity contribution in [3.63, 3.8) is 0 Å². The second-order valence-corrected chi connectivity index (χ2v) is 5.74. The summed E-state index contributed by atoms with van der Waals surface area (Å²) in [7, 11) is 0. The molecule has 0 bridgehead atoms. The third kappa shape index (κ3) is 4.24. The molecule has 2 aromatic carbocycles. The number of anilines is 1. The van der Waals surface area contributed by atoms with E-state index in [4.69, 9.17) is 18.9 Å². The van der Waals surface area contributed by atoms with Crippen LogP contribution in [0.1, 0.15) is 12.5 Å². The number of nitrogens with one attached hydrogen (secondary N) is 1. The maximum atomic E-state index is 12.2. The molecule has 26 heavy (non-hydrogen) atoms. The molecule has 0 saturated carbocycles. The summed E-state index contributed by atoms with van der Waals surface area (Å²) in [6.45, 7) is 3.25. The van der Waals surface area contributed by atoms with Crippen LogP contribution in [-0.4, -0.2) is 31.4 Å². The Kier molecular flexibility index (Phi) is 5.26. The van der Waals surface area contributed by atoms with Crippen molar-refractivity contribution in [1.29, 1.82) is 0 Å². The number of fused-ring (bicyclic) bond motifs is 1. The predicted octanol–water partition coefficient (Wildman–Crippen LogP) is 2.67. The maximum absolute atomic E-state index is 12.2. The minimum Gasteiger partial charge on any atom is -0.482 e. The average molecular weight is 357 g/mol.